The van der Waals surface area contributed by atoms with E-state index in [1.54, 1.807) is 0 Å². The summed E-state index contributed by atoms with van der Waals surface area (Å²) < 4.78 is 0. The first kappa shape index (κ1) is 17.7. The number of nitrogens with one attached hydrogen (secondary N) is 1. The summed E-state index contributed by atoms with van der Waals surface area (Å²) in [5.41, 5.74) is 1.85. The highest BCUT2D eigenvalue weighted by Gasteiger charge is 2.23. The average molecular weight is 317 g/mol. The summed E-state index contributed by atoms with van der Waals surface area (Å²) in [5, 5.41) is 12.8. The maximum Gasteiger partial charge on any atom is 0.220 e. The van der Waals surface area contributed by atoms with E-state index in [0.29, 0.717) is 18.0 Å². The van der Waals surface area contributed by atoms with Crippen molar-refractivity contribution in [1.29, 1.82) is 0 Å². The van der Waals surface area contributed by atoms with Crippen molar-refractivity contribution in [3.8, 4) is 0 Å². The van der Waals surface area contributed by atoms with Crippen LogP contribution in [0.3, 0.4) is 0 Å². The van der Waals surface area contributed by atoms with Crippen LogP contribution in [-0.4, -0.2) is 29.4 Å². The fourth-order valence-electron chi connectivity index (χ4n) is 3.11. The van der Waals surface area contributed by atoms with Crippen LogP contribution in [0.15, 0.2) is 24.3 Å². The minimum atomic E-state index is -0.460. The summed E-state index contributed by atoms with van der Waals surface area (Å²) in [6, 6.07) is 7.54. The van der Waals surface area contributed by atoms with Crippen LogP contribution in [0, 0.1) is 5.92 Å². The molecule has 1 aromatic carbocycles. The van der Waals surface area contributed by atoms with Crippen LogP contribution >= 0.6 is 0 Å². The van der Waals surface area contributed by atoms with Gasteiger partial charge in [-0.05, 0) is 30.7 Å². The second kappa shape index (κ2) is 8.82. The Bertz CT molecular complexity index is 518. The molecule has 0 aliphatic heterocycles. The van der Waals surface area contributed by atoms with E-state index in [9.17, 15) is 14.7 Å². The van der Waals surface area contributed by atoms with Crippen molar-refractivity contribution in [2.45, 2.75) is 58.0 Å². The number of ketones is 1. The zero-order valence-corrected chi connectivity index (χ0v) is 13.9. The first-order valence-electron chi connectivity index (χ1n) is 8.67. The molecule has 0 spiro atoms. The number of Topliss-reactive ketones (excluding diaryl/α,β-unsaturated/α-hetero) is 1. The molecule has 0 heterocycles. The molecule has 1 atom stereocenters. The van der Waals surface area contributed by atoms with Gasteiger partial charge in [-0.15, -0.1) is 0 Å². The Morgan fingerprint density at radius 2 is 1.83 bits per heavy atom. The van der Waals surface area contributed by atoms with Crippen molar-refractivity contribution in [2.75, 3.05) is 6.54 Å². The highest BCUT2D eigenvalue weighted by atomic mass is 16.3. The molecule has 1 amide bonds. The van der Waals surface area contributed by atoms with E-state index >= 15 is 0 Å². The molecule has 23 heavy (non-hydrogen) atoms. The third-order valence-corrected chi connectivity index (χ3v) is 4.72. The maximum absolute atomic E-state index is 12.1. The lowest BCUT2D eigenvalue weighted by Crippen LogP contribution is -2.35. The van der Waals surface area contributed by atoms with Gasteiger partial charge in [0.15, 0.2) is 5.78 Å². The van der Waals surface area contributed by atoms with Crippen molar-refractivity contribution in [2.24, 2.45) is 5.92 Å². The summed E-state index contributed by atoms with van der Waals surface area (Å²) in [4.78, 5) is 23.9. The largest absolute Gasteiger partial charge is 0.391 e. The molecule has 1 fully saturated rings. The minimum absolute atomic E-state index is 0.0147. The number of rotatable bonds is 8. The third kappa shape index (κ3) is 5.47. The lowest BCUT2D eigenvalue weighted by molar-refractivity contribution is -0.121. The predicted molar refractivity (Wildman–Crippen MR) is 90.4 cm³/mol. The second-order valence-electron chi connectivity index (χ2n) is 6.39. The van der Waals surface area contributed by atoms with Gasteiger partial charge in [0.2, 0.25) is 5.91 Å². The van der Waals surface area contributed by atoms with E-state index in [0.717, 1.165) is 19.3 Å². The number of aliphatic hydroxyl groups excluding tert-OH is 1. The van der Waals surface area contributed by atoms with Gasteiger partial charge in [-0.1, -0.05) is 44.0 Å². The molecule has 0 saturated heterocycles. The molecule has 2 N–H and O–H groups in total. The molecular formula is C19H27NO3. The van der Waals surface area contributed by atoms with Crippen LogP contribution in [-0.2, 0) is 11.2 Å². The van der Waals surface area contributed by atoms with Crippen molar-refractivity contribution >= 4 is 11.7 Å². The van der Waals surface area contributed by atoms with Gasteiger partial charge in [0.1, 0.15) is 0 Å². The van der Waals surface area contributed by atoms with Crippen molar-refractivity contribution < 1.29 is 14.7 Å². The zero-order valence-electron chi connectivity index (χ0n) is 13.9. The fraction of sp³-hybridized carbons (Fsp3) is 0.579. The maximum atomic E-state index is 12.1. The number of carbonyl (C=O) groups is 2. The van der Waals surface area contributed by atoms with Gasteiger partial charge in [0, 0.05) is 24.9 Å². The van der Waals surface area contributed by atoms with E-state index in [1.165, 1.54) is 18.4 Å². The van der Waals surface area contributed by atoms with Crippen LogP contribution < -0.4 is 5.32 Å². The van der Waals surface area contributed by atoms with E-state index in [-0.39, 0.29) is 24.5 Å². The Hall–Kier alpha value is -1.68. The first-order valence-corrected chi connectivity index (χ1v) is 8.67. The summed E-state index contributed by atoms with van der Waals surface area (Å²) in [6.07, 6.45) is 5.29. The molecule has 0 radical (unpaired) electrons. The SMILES string of the molecule is CCc1ccc(C(=O)CCC(=O)NCC(O)C2CCCC2)cc1. The molecule has 4 nitrogen and oxygen atoms in total. The van der Waals surface area contributed by atoms with E-state index in [2.05, 4.69) is 12.2 Å². The van der Waals surface area contributed by atoms with Gasteiger partial charge in [0.05, 0.1) is 6.10 Å². The zero-order chi connectivity index (χ0) is 16.7. The highest BCUT2D eigenvalue weighted by Crippen LogP contribution is 2.27. The summed E-state index contributed by atoms with van der Waals surface area (Å²) >= 11 is 0. The van der Waals surface area contributed by atoms with Gasteiger partial charge < -0.3 is 10.4 Å². The molecular weight excluding hydrogens is 290 g/mol. The van der Waals surface area contributed by atoms with Crippen LogP contribution in [0.4, 0.5) is 0 Å². The van der Waals surface area contributed by atoms with Crippen LogP contribution in [0.2, 0.25) is 0 Å². The Kier molecular flexibility index (Phi) is 6.78. The van der Waals surface area contributed by atoms with Gasteiger partial charge in [-0.3, -0.25) is 9.59 Å². The smallest absolute Gasteiger partial charge is 0.220 e. The lowest BCUT2D eigenvalue weighted by atomic mass is 10.0. The molecule has 2 rings (SSSR count). The molecule has 1 aromatic rings. The van der Waals surface area contributed by atoms with Crippen LogP contribution in [0.5, 0.6) is 0 Å². The monoisotopic (exact) mass is 317 g/mol. The van der Waals surface area contributed by atoms with Gasteiger partial charge in [-0.25, -0.2) is 0 Å². The summed E-state index contributed by atoms with van der Waals surface area (Å²) in [6.45, 7) is 2.37. The van der Waals surface area contributed by atoms with Crippen molar-refractivity contribution in [1.82, 2.24) is 5.32 Å². The Morgan fingerprint density at radius 3 is 2.43 bits per heavy atom. The van der Waals surface area contributed by atoms with E-state index in [4.69, 9.17) is 0 Å². The normalized spacial score (nSPS) is 16.3. The predicted octanol–water partition coefficient (Wildman–Crippen LogP) is 2.88. The molecule has 1 saturated carbocycles. The molecule has 126 valence electrons. The van der Waals surface area contributed by atoms with Crippen LogP contribution in [0.1, 0.15) is 61.4 Å². The van der Waals surface area contributed by atoms with E-state index < -0.39 is 6.10 Å². The first-order chi connectivity index (χ1) is 11.1. The van der Waals surface area contributed by atoms with Gasteiger partial charge >= 0.3 is 0 Å². The quantitative estimate of drug-likeness (QED) is 0.725. The number of amides is 1. The van der Waals surface area contributed by atoms with Gasteiger partial charge in [0.25, 0.3) is 0 Å². The molecule has 0 bridgehead atoms. The number of benzene rings is 1. The summed E-state index contributed by atoms with van der Waals surface area (Å²) in [7, 11) is 0. The average Bonchev–Trinajstić information content (AvgIpc) is 3.12. The number of aliphatic hydroxyl groups is 1. The Balaban J connectivity index is 1.69. The Morgan fingerprint density at radius 1 is 1.17 bits per heavy atom. The molecule has 4 heteroatoms. The lowest BCUT2D eigenvalue weighted by Gasteiger charge is -2.17. The van der Waals surface area contributed by atoms with Crippen molar-refractivity contribution in [3.05, 3.63) is 35.4 Å². The minimum Gasteiger partial charge on any atom is -0.391 e. The third-order valence-electron chi connectivity index (χ3n) is 4.72. The van der Waals surface area contributed by atoms with Crippen molar-refractivity contribution in [3.63, 3.8) is 0 Å². The number of hydrogen-bond donors (Lipinski definition) is 2. The number of aryl methyl sites for hydroxylation is 1. The van der Waals surface area contributed by atoms with Gasteiger partial charge in [-0.2, -0.15) is 0 Å². The summed E-state index contributed by atoms with van der Waals surface area (Å²) in [5.74, 6) is 0.133. The Labute approximate surface area is 138 Å². The second-order valence-corrected chi connectivity index (χ2v) is 6.39. The molecule has 0 aromatic heterocycles. The highest BCUT2D eigenvalue weighted by molar-refractivity contribution is 5.97. The topological polar surface area (TPSA) is 66.4 Å². The molecule has 1 aliphatic rings. The van der Waals surface area contributed by atoms with Crippen LogP contribution in [0.25, 0.3) is 0 Å². The number of hydrogen-bond acceptors (Lipinski definition) is 3. The standard InChI is InChI=1S/C19H27NO3/c1-2-14-7-9-16(10-8-14)17(21)11-12-19(23)20-13-18(22)15-5-3-4-6-15/h7-10,15,18,22H,2-6,11-13H2,1H3,(H,20,23). The number of carbonyl (C=O) groups excluding carboxylic acids is 2. The van der Waals surface area contributed by atoms with E-state index in [1.807, 2.05) is 24.3 Å². The molecule has 1 aliphatic carbocycles. The fourth-order valence-corrected chi connectivity index (χ4v) is 3.11. The molecule has 1 unspecified atom stereocenters.